The maximum atomic E-state index is 15.2. The molecule has 0 saturated carbocycles. The lowest BCUT2D eigenvalue weighted by Crippen LogP contribution is -2.49. The second kappa shape index (κ2) is 11.6. The van der Waals surface area contributed by atoms with Gasteiger partial charge in [0.05, 0.1) is 23.2 Å². The van der Waals surface area contributed by atoms with Crippen molar-refractivity contribution in [3.05, 3.63) is 45.2 Å². The van der Waals surface area contributed by atoms with Crippen molar-refractivity contribution in [2.24, 2.45) is 12.0 Å². The van der Waals surface area contributed by atoms with Crippen molar-refractivity contribution in [3.8, 4) is 0 Å². The van der Waals surface area contributed by atoms with E-state index < -0.39 is 57.1 Å². The maximum Gasteiger partial charge on any atom is 0.323 e. The Kier molecular flexibility index (Phi) is 8.81. The van der Waals surface area contributed by atoms with Crippen LogP contribution in [0.25, 0.3) is 10.9 Å². The highest BCUT2D eigenvalue weighted by Gasteiger charge is 2.26. The standard InChI is InChI=1S/C22H28F2N6O6S/c1-3-4-7-37(35,36)29-16(21(33)34)10-27-20(32)14-11-30(2)18-12(19(14)31)8-15(23)13(17(18)24)9-28-22-25-5-6-26-22/h8,11,16,29H,3-7,9-10H2,1-2H3,(H,27,32)(H,33,34)(H2,25,26,28). The summed E-state index contributed by atoms with van der Waals surface area (Å²) in [6.45, 7) is 2.00. The molecule has 202 valence electrons. The number of carbonyl (C=O) groups is 2. The van der Waals surface area contributed by atoms with Gasteiger partial charge in [-0.1, -0.05) is 13.3 Å². The third kappa shape index (κ3) is 6.60. The van der Waals surface area contributed by atoms with Crippen LogP contribution in [0, 0.1) is 11.6 Å². The first-order valence-corrected chi connectivity index (χ1v) is 13.1. The number of fused-ring (bicyclic) bond motifs is 1. The molecule has 0 aliphatic carbocycles. The Hall–Kier alpha value is -3.59. The highest BCUT2D eigenvalue weighted by Crippen LogP contribution is 2.22. The van der Waals surface area contributed by atoms with E-state index in [0.29, 0.717) is 31.9 Å². The number of aliphatic carboxylic acids is 1. The van der Waals surface area contributed by atoms with Crippen LogP contribution in [-0.2, 0) is 28.4 Å². The van der Waals surface area contributed by atoms with Crippen LogP contribution in [-0.4, -0.2) is 67.4 Å². The van der Waals surface area contributed by atoms with Gasteiger partial charge >= 0.3 is 5.97 Å². The number of halogens is 2. The lowest BCUT2D eigenvalue weighted by molar-refractivity contribution is -0.138. The van der Waals surface area contributed by atoms with Crippen LogP contribution < -0.4 is 26.1 Å². The fourth-order valence-electron chi connectivity index (χ4n) is 3.72. The van der Waals surface area contributed by atoms with Crippen LogP contribution in [0.2, 0.25) is 0 Å². The molecule has 1 aromatic carbocycles. The van der Waals surface area contributed by atoms with Gasteiger partial charge in [0.15, 0.2) is 11.8 Å². The number of hydrogen-bond acceptors (Lipinski definition) is 8. The molecule has 0 radical (unpaired) electrons. The summed E-state index contributed by atoms with van der Waals surface area (Å²) < 4.78 is 57.3. The monoisotopic (exact) mass is 542 g/mol. The minimum Gasteiger partial charge on any atom is -0.480 e. The molecule has 3 rings (SSSR count). The number of pyridine rings is 1. The van der Waals surface area contributed by atoms with Gasteiger partial charge in [-0.25, -0.2) is 17.2 Å². The number of guanidine groups is 1. The van der Waals surface area contributed by atoms with Crippen molar-refractivity contribution < 1.29 is 31.9 Å². The number of carboxylic acid groups (broad SMARTS) is 1. The van der Waals surface area contributed by atoms with Crippen molar-refractivity contribution in [1.82, 2.24) is 25.2 Å². The lowest BCUT2D eigenvalue weighted by Gasteiger charge is -2.16. The lowest BCUT2D eigenvalue weighted by atomic mass is 10.1. The Balaban J connectivity index is 1.84. The Morgan fingerprint density at radius 1 is 1.32 bits per heavy atom. The zero-order valence-electron chi connectivity index (χ0n) is 20.2. The molecule has 1 unspecified atom stereocenters. The first-order chi connectivity index (χ1) is 17.4. The summed E-state index contributed by atoms with van der Waals surface area (Å²) in [7, 11) is -2.55. The maximum absolute atomic E-state index is 15.2. The number of nitrogens with zero attached hydrogens (tertiary/aromatic N) is 2. The molecule has 1 amide bonds. The number of carbonyl (C=O) groups excluding carboxylic acids is 1. The van der Waals surface area contributed by atoms with Gasteiger partial charge in [0.1, 0.15) is 17.4 Å². The Bertz CT molecular complexity index is 1410. The number of amides is 1. The smallest absolute Gasteiger partial charge is 0.323 e. The Morgan fingerprint density at radius 2 is 2.05 bits per heavy atom. The second-order valence-corrected chi connectivity index (χ2v) is 10.3. The highest BCUT2D eigenvalue weighted by atomic mass is 32.2. The SMILES string of the molecule is CCCCS(=O)(=O)NC(CNC(=O)c1cn(C)c2c(F)c(CNC3=NCCN3)c(F)cc2c1=O)C(=O)O. The molecule has 2 heterocycles. The fourth-order valence-corrected chi connectivity index (χ4v) is 5.12. The van der Waals surface area contributed by atoms with E-state index >= 15 is 4.39 Å². The third-order valence-corrected chi connectivity index (χ3v) is 7.13. The average molecular weight is 543 g/mol. The van der Waals surface area contributed by atoms with Gasteiger partial charge in [-0.2, -0.15) is 4.72 Å². The summed E-state index contributed by atoms with van der Waals surface area (Å²) >= 11 is 0. The molecule has 1 aliphatic heterocycles. The van der Waals surface area contributed by atoms with Gasteiger partial charge in [0, 0.05) is 38.4 Å². The largest absolute Gasteiger partial charge is 0.480 e. The van der Waals surface area contributed by atoms with Crippen molar-refractivity contribution in [2.45, 2.75) is 32.4 Å². The molecular weight excluding hydrogens is 514 g/mol. The number of carboxylic acids is 1. The summed E-state index contributed by atoms with van der Waals surface area (Å²) in [4.78, 5) is 41.2. The number of unbranched alkanes of at least 4 members (excludes halogenated alkanes) is 1. The molecule has 1 aromatic heterocycles. The number of hydrogen-bond donors (Lipinski definition) is 5. The number of sulfonamides is 1. The number of benzene rings is 1. The molecule has 0 fully saturated rings. The van der Waals surface area contributed by atoms with E-state index in [-0.39, 0.29) is 28.8 Å². The molecule has 0 saturated heterocycles. The fraction of sp³-hybridized carbons (Fsp3) is 0.455. The van der Waals surface area contributed by atoms with Gasteiger partial charge in [-0.05, 0) is 12.5 Å². The predicted octanol–water partition coefficient (Wildman–Crippen LogP) is -0.232. The molecule has 2 aromatic rings. The molecule has 1 aliphatic rings. The van der Waals surface area contributed by atoms with Crippen LogP contribution in [0.15, 0.2) is 22.1 Å². The molecule has 12 nitrogen and oxygen atoms in total. The van der Waals surface area contributed by atoms with Gasteiger partial charge in [-0.15, -0.1) is 0 Å². The van der Waals surface area contributed by atoms with Crippen molar-refractivity contribution >= 4 is 38.8 Å². The third-order valence-electron chi connectivity index (χ3n) is 5.66. The number of nitrogens with one attached hydrogen (secondary N) is 4. The number of aryl methyl sites for hydroxylation is 1. The van der Waals surface area contributed by atoms with E-state index in [0.717, 1.165) is 16.8 Å². The van der Waals surface area contributed by atoms with E-state index in [2.05, 4.69) is 20.9 Å². The molecule has 0 bridgehead atoms. The van der Waals surface area contributed by atoms with Crippen molar-refractivity contribution in [2.75, 3.05) is 25.4 Å². The number of rotatable bonds is 11. The second-order valence-electron chi connectivity index (χ2n) is 8.43. The van der Waals surface area contributed by atoms with E-state index in [1.807, 2.05) is 4.72 Å². The summed E-state index contributed by atoms with van der Waals surface area (Å²) in [6.07, 6.45) is 1.94. The summed E-state index contributed by atoms with van der Waals surface area (Å²) in [5.41, 5.74) is -2.02. The number of aromatic nitrogens is 1. The minimum atomic E-state index is -3.92. The summed E-state index contributed by atoms with van der Waals surface area (Å²) in [6, 6.07) is -0.848. The summed E-state index contributed by atoms with van der Waals surface area (Å²) in [5, 5.41) is 16.9. The van der Waals surface area contributed by atoms with E-state index in [1.165, 1.54) is 7.05 Å². The predicted molar refractivity (Wildman–Crippen MR) is 132 cm³/mol. The van der Waals surface area contributed by atoms with Crippen LogP contribution in [0.1, 0.15) is 35.7 Å². The van der Waals surface area contributed by atoms with Gasteiger partial charge in [0.2, 0.25) is 15.5 Å². The average Bonchev–Trinajstić information content (AvgIpc) is 3.35. The molecular formula is C22H28F2N6O6S. The van der Waals surface area contributed by atoms with Crippen LogP contribution in [0.3, 0.4) is 0 Å². The van der Waals surface area contributed by atoms with Gasteiger partial charge in [-0.3, -0.25) is 19.4 Å². The van der Waals surface area contributed by atoms with Crippen LogP contribution in [0.5, 0.6) is 0 Å². The van der Waals surface area contributed by atoms with Crippen LogP contribution in [0.4, 0.5) is 8.78 Å². The van der Waals surface area contributed by atoms with Crippen LogP contribution >= 0.6 is 0 Å². The van der Waals surface area contributed by atoms with E-state index in [1.54, 1.807) is 6.92 Å². The van der Waals surface area contributed by atoms with Crippen molar-refractivity contribution in [3.63, 3.8) is 0 Å². The van der Waals surface area contributed by atoms with E-state index in [9.17, 15) is 32.3 Å². The quantitative estimate of drug-likeness (QED) is 0.259. The minimum absolute atomic E-state index is 0.229. The normalized spacial score (nSPS) is 14.2. The Labute approximate surface area is 211 Å². The topological polar surface area (TPSA) is 171 Å². The molecule has 1 atom stereocenters. The molecule has 15 heteroatoms. The molecule has 5 N–H and O–H groups in total. The van der Waals surface area contributed by atoms with Gasteiger partial charge in [0.25, 0.3) is 5.91 Å². The van der Waals surface area contributed by atoms with Crippen molar-refractivity contribution in [1.29, 1.82) is 0 Å². The highest BCUT2D eigenvalue weighted by molar-refractivity contribution is 7.89. The number of aliphatic imine (C=N–C) groups is 1. The zero-order valence-corrected chi connectivity index (χ0v) is 21.0. The molecule has 37 heavy (non-hydrogen) atoms. The van der Waals surface area contributed by atoms with E-state index in [4.69, 9.17) is 0 Å². The van der Waals surface area contributed by atoms with Gasteiger partial charge < -0.3 is 25.6 Å². The Morgan fingerprint density at radius 3 is 2.68 bits per heavy atom. The molecule has 0 spiro atoms. The first kappa shape index (κ1) is 28.0. The summed E-state index contributed by atoms with van der Waals surface area (Å²) in [5.74, 6) is -4.44. The zero-order chi connectivity index (χ0) is 27.3. The first-order valence-electron chi connectivity index (χ1n) is 11.5.